The molecule has 0 radical (unpaired) electrons. The van der Waals surface area contributed by atoms with Crippen LogP contribution in [-0.4, -0.2) is 15.0 Å². The summed E-state index contributed by atoms with van der Waals surface area (Å²) in [7, 11) is 0. The molecule has 4 nitrogen and oxygen atoms in total. The third-order valence-corrected chi connectivity index (χ3v) is 10.6. The second kappa shape index (κ2) is 12.4. The fourth-order valence-corrected chi connectivity index (χ4v) is 8.07. The average Bonchev–Trinajstić information content (AvgIpc) is 3.45. The topological polar surface area (TPSA) is 43.0 Å². The predicted molar refractivity (Wildman–Crippen MR) is 203 cm³/mol. The Balaban J connectivity index is 1.13. The molecule has 1 aromatic heterocycles. The van der Waals surface area contributed by atoms with E-state index in [-0.39, 0.29) is 5.41 Å². The Morgan fingerprint density at radius 2 is 0.960 bits per heavy atom. The zero-order valence-electron chi connectivity index (χ0n) is 27.7. The van der Waals surface area contributed by atoms with Crippen LogP contribution in [0.3, 0.4) is 0 Å². The minimum absolute atomic E-state index is 0.0147. The van der Waals surface area contributed by atoms with Gasteiger partial charge in [-0.2, -0.15) is 0 Å². The fourth-order valence-electron chi connectivity index (χ4n) is 8.07. The van der Waals surface area contributed by atoms with Gasteiger partial charge < -0.3 is 0 Å². The van der Waals surface area contributed by atoms with Crippen LogP contribution in [0.25, 0.3) is 72.4 Å². The summed E-state index contributed by atoms with van der Waals surface area (Å²) in [6, 6.07) is 50.8. The van der Waals surface area contributed by atoms with Gasteiger partial charge >= 0.3 is 0 Å². The van der Waals surface area contributed by atoms with Gasteiger partial charge in [0.2, 0.25) is 0 Å². The maximum atomic E-state index is 7.64. The molecule has 9 rings (SSSR count). The van der Waals surface area contributed by atoms with E-state index in [1.54, 1.807) is 0 Å². The monoisotopic (exact) mass is 642 g/mol. The summed E-state index contributed by atoms with van der Waals surface area (Å²) in [6.07, 6.45) is 6.03. The maximum Gasteiger partial charge on any atom is 0.187 e. The minimum Gasteiger partial charge on any atom is -0.238 e. The standard InChI is InChI=1S/C46H34N4/c1-47-38-23-25-41-40(30-38)39-24-22-36(29-42(39)46(41)26-9-4-10-27-46)35-16-11-17-37(28-35)45-49-43(33-14-7-3-8-15-33)48-44(50-45)34-20-18-32(19-21-34)31-12-5-2-6-13-31/h2-3,5-8,11-25,28-30H,4,9-10,26-27H2. The Hall–Kier alpha value is -6.18. The zero-order valence-corrected chi connectivity index (χ0v) is 27.7. The number of hydrogen-bond acceptors (Lipinski definition) is 3. The molecule has 1 heterocycles. The van der Waals surface area contributed by atoms with E-state index < -0.39 is 0 Å². The van der Waals surface area contributed by atoms with Gasteiger partial charge in [-0.25, -0.2) is 19.8 Å². The first-order valence-corrected chi connectivity index (χ1v) is 17.4. The third kappa shape index (κ3) is 5.19. The molecule has 0 bridgehead atoms. The molecule has 0 N–H and O–H groups in total. The summed E-state index contributed by atoms with van der Waals surface area (Å²) in [4.78, 5) is 18.8. The summed E-state index contributed by atoms with van der Waals surface area (Å²) in [5, 5.41) is 0. The van der Waals surface area contributed by atoms with E-state index in [1.165, 1.54) is 52.6 Å². The normalized spacial score (nSPS) is 14.1. The lowest BCUT2D eigenvalue weighted by Crippen LogP contribution is -2.28. The van der Waals surface area contributed by atoms with Crippen LogP contribution in [-0.2, 0) is 5.41 Å². The first-order valence-electron chi connectivity index (χ1n) is 17.4. The van der Waals surface area contributed by atoms with Crippen molar-refractivity contribution in [3.63, 3.8) is 0 Å². The number of aromatic nitrogens is 3. The molecule has 1 spiro atoms. The molecule has 2 aliphatic rings. The van der Waals surface area contributed by atoms with E-state index in [2.05, 4.69) is 108 Å². The second-order valence-corrected chi connectivity index (χ2v) is 13.4. The first kappa shape index (κ1) is 29.9. The molecule has 0 unspecified atom stereocenters. The molecular weight excluding hydrogens is 609 g/mol. The Bertz CT molecular complexity index is 2400. The molecule has 50 heavy (non-hydrogen) atoms. The second-order valence-electron chi connectivity index (χ2n) is 13.4. The lowest BCUT2D eigenvalue weighted by atomic mass is 9.67. The summed E-state index contributed by atoms with van der Waals surface area (Å²) in [6.45, 7) is 7.64. The van der Waals surface area contributed by atoms with Gasteiger partial charge in [-0.3, -0.25) is 0 Å². The highest BCUT2D eigenvalue weighted by Crippen LogP contribution is 2.57. The van der Waals surface area contributed by atoms with Crippen LogP contribution in [0.5, 0.6) is 0 Å². The summed E-state index contributed by atoms with van der Waals surface area (Å²) in [5.41, 5.74) is 13.5. The Kier molecular flexibility index (Phi) is 7.40. The molecule has 1 fully saturated rings. The smallest absolute Gasteiger partial charge is 0.187 e. The number of benzene rings is 6. The van der Waals surface area contributed by atoms with Crippen LogP contribution in [0.4, 0.5) is 5.69 Å². The van der Waals surface area contributed by atoms with E-state index >= 15 is 0 Å². The summed E-state index contributed by atoms with van der Waals surface area (Å²) >= 11 is 0. The third-order valence-electron chi connectivity index (χ3n) is 10.6. The lowest BCUT2D eigenvalue weighted by Gasteiger charge is -2.36. The van der Waals surface area contributed by atoms with Gasteiger partial charge in [0.05, 0.1) is 6.57 Å². The Morgan fingerprint density at radius 1 is 0.420 bits per heavy atom. The molecule has 1 saturated carbocycles. The van der Waals surface area contributed by atoms with Crippen molar-refractivity contribution in [1.82, 2.24) is 15.0 Å². The number of hydrogen-bond donors (Lipinski definition) is 0. The molecular formula is C46H34N4. The van der Waals surface area contributed by atoms with Gasteiger partial charge in [0.1, 0.15) is 0 Å². The quantitative estimate of drug-likeness (QED) is 0.175. The Labute approximate surface area is 293 Å². The largest absolute Gasteiger partial charge is 0.238 e. The van der Waals surface area contributed by atoms with Crippen LogP contribution in [0.15, 0.2) is 146 Å². The van der Waals surface area contributed by atoms with Crippen LogP contribution in [0.1, 0.15) is 43.2 Å². The van der Waals surface area contributed by atoms with Crippen molar-refractivity contribution < 1.29 is 0 Å². The van der Waals surface area contributed by atoms with E-state index in [4.69, 9.17) is 21.5 Å². The molecule has 7 aromatic rings. The van der Waals surface area contributed by atoms with Gasteiger partial charge in [-0.15, -0.1) is 0 Å². The number of rotatable bonds is 5. The van der Waals surface area contributed by atoms with Crippen LogP contribution < -0.4 is 0 Å². The molecule has 2 aliphatic carbocycles. The molecule has 0 atom stereocenters. The van der Waals surface area contributed by atoms with Gasteiger partial charge in [-0.1, -0.05) is 147 Å². The van der Waals surface area contributed by atoms with Gasteiger partial charge in [0.25, 0.3) is 0 Å². The van der Waals surface area contributed by atoms with E-state index in [1.807, 2.05) is 42.5 Å². The molecule has 0 aliphatic heterocycles. The van der Waals surface area contributed by atoms with Crippen LogP contribution in [0, 0.1) is 6.57 Å². The minimum atomic E-state index is 0.0147. The molecule has 6 aromatic carbocycles. The summed E-state index contributed by atoms with van der Waals surface area (Å²) in [5.74, 6) is 1.94. The SMILES string of the molecule is [C-]#[N+]c1ccc2c(c1)-c1ccc(-c3cccc(-c4nc(-c5ccccc5)nc(-c5ccc(-c6ccccc6)cc5)n4)c3)cc1C21CCCCC1. The van der Waals surface area contributed by atoms with Crippen molar-refractivity contribution in [3.05, 3.63) is 168 Å². The molecule has 4 heteroatoms. The fraction of sp³-hybridized carbons (Fsp3) is 0.130. The lowest BCUT2D eigenvalue weighted by molar-refractivity contribution is 0.353. The van der Waals surface area contributed by atoms with E-state index in [9.17, 15) is 0 Å². The van der Waals surface area contributed by atoms with Gasteiger partial charge in [-0.05, 0) is 75.5 Å². The van der Waals surface area contributed by atoms with Crippen molar-refractivity contribution in [3.8, 4) is 67.5 Å². The van der Waals surface area contributed by atoms with Crippen molar-refractivity contribution in [2.45, 2.75) is 37.5 Å². The van der Waals surface area contributed by atoms with Gasteiger partial charge in [0.15, 0.2) is 23.2 Å². The molecule has 0 amide bonds. The molecule has 238 valence electrons. The Morgan fingerprint density at radius 3 is 1.66 bits per heavy atom. The van der Waals surface area contributed by atoms with Crippen molar-refractivity contribution in [2.75, 3.05) is 0 Å². The number of nitrogens with zero attached hydrogens (tertiary/aromatic N) is 4. The van der Waals surface area contributed by atoms with Crippen LogP contribution in [0.2, 0.25) is 0 Å². The average molecular weight is 643 g/mol. The van der Waals surface area contributed by atoms with Crippen molar-refractivity contribution in [1.29, 1.82) is 0 Å². The first-order chi connectivity index (χ1) is 24.7. The highest BCUT2D eigenvalue weighted by Gasteiger charge is 2.43. The van der Waals surface area contributed by atoms with E-state index in [0.717, 1.165) is 40.7 Å². The van der Waals surface area contributed by atoms with Crippen molar-refractivity contribution >= 4 is 5.69 Å². The predicted octanol–water partition coefficient (Wildman–Crippen LogP) is 12.0. The highest BCUT2D eigenvalue weighted by atomic mass is 15.0. The van der Waals surface area contributed by atoms with Crippen molar-refractivity contribution in [2.24, 2.45) is 0 Å². The molecule has 0 saturated heterocycles. The maximum absolute atomic E-state index is 7.64. The van der Waals surface area contributed by atoms with Gasteiger partial charge in [0, 0.05) is 22.1 Å². The van der Waals surface area contributed by atoms with E-state index in [0.29, 0.717) is 23.2 Å². The van der Waals surface area contributed by atoms with Crippen LogP contribution >= 0.6 is 0 Å². The summed E-state index contributed by atoms with van der Waals surface area (Å²) < 4.78 is 0. The zero-order chi connectivity index (χ0) is 33.5. The number of fused-ring (bicyclic) bond motifs is 5. The highest BCUT2D eigenvalue weighted by molar-refractivity contribution is 5.86.